The maximum atomic E-state index is 12.3. The number of furan rings is 1. The molecule has 4 nitrogen and oxygen atoms in total. The fraction of sp³-hybridized carbons (Fsp3) is 0.421. The number of amides is 1. The molecular formula is C19H21ClN2O2. The van der Waals surface area contributed by atoms with Crippen molar-refractivity contribution in [2.75, 3.05) is 19.6 Å². The molecule has 2 aliphatic heterocycles. The zero-order valence-electron chi connectivity index (χ0n) is 13.8. The number of halogens is 1. The zero-order chi connectivity index (χ0) is 16.7. The van der Waals surface area contributed by atoms with Crippen LogP contribution in [0.15, 0.2) is 22.6 Å². The van der Waals surface area contributed by atoms with Crippen molar-refractivity contribution < 1.29 is 9.21 Å². The Hall–Kier alpha value is -1.78. The first-order chi connectivity index (χ1) is 11.6. The summed E-state index contributed by atoms with van der Waals surface area (Å²) in [5.74, 6) is 1.41. The normalized spacial score (nSPS) is 20.9. The summed E-state index contributed by atoms with van der Waals surface area (Å²) in [5, 5.41) is 5.30. The van der Waals surface area contributed by atoms with Crippen molar-refractivity contribution >= 4 is 34.6 Å². The molecule has 1 atom stereocenters. The molecule has 0 saturated carbocycles. The summed E-state index contributed by atoms with van der Waals surface area (Å²) >= 11 is 6.37. The van der Waals surface area contributed by atoms with Crippen molar-refractivity contribution in [1.82, 2.24) is 10.2 Å². The van der Waals surface area contributed by atoms with Gasteiger partial charge in [-0.1, -0.05) is 18.5 Å². The number of benzene rings is 1. The largest absolute Gasteiger partial charge is 0.456 e. The first-order valence-corrected chi connectivity index (χ1v) is 8.91. The van der Waals surface area contributed by atoms with E-state index in [1.807, 2.05) is 23.1 Å². The lowest BCUT2D eigenvalue weighted by Crippen LogP contribution is -2.26. The van der Waals surface area contributed by atoms with Crippen LogP contribution in [-0.2, 0) is 17.8 Å². The van der Waals surface area contributed by atoms with Gasteiger partial charge in [-0.2, -0.15) is 0 Å². The number of nitrogens with one attached hydrogen (secondary N) is 1. The van der Waals surface area contributed by atoms with Crippen LogP contribution in [0.25, 0.3) is 17.0 Å². The molecule has 5 heteroatoms. The third-order valence-electron chi connectivity index (χ3n) is 5.00. The first kappa shape index (κ1) is 15.7. The van der Waals surface area contributed by atoms with Gasteiger partial charge in [-0.05, 0) is 49.1 Å². The fourth-order valence-electron chi connectivity index (χ4n) is 3.69. The molecular weight excluding hydrogens is 324 g/mol. The molecule has 2 aromatic rings. The van der Waals surface area contributed by atoms with Gasteiger partial charge in [0.05, 0.1) is 0 Å². The van der Waals surface area contributed by atoms with E-state index >= 15 is 0 Å². The maximum Gasteiger partial charge on any atom is 0.246 e. The van der Waals surface area contributed by atoms with Crippen LogP contribution in [0.2, 0.25) is 5.02 Å². The van der Waals surface area contributed by atoms with Crippen LogP contribution in [-0.4, -0.2) is 30.4 Å². The van der Waals surface area contributed by atoms with Crippen molar-refractivity contribution in [1.29, 1.82) is 0 Å². The second kappa shape index (κ2) is 6.26. The lowest BCUT2D eigenvalue weighted by atomic mass is 10.0. The summed E-state index contributed by atoms with van der Waals surface area (Å²) in [6, 6.07) is 3.80. The Bertz CT molecular complexity index is 824. The summed E-state index contributed by atoms with van der Waals surface area (Å²) < 4.78 is 6.00. The number of hydrogen-bond donors (Lipinski definition) is 1. The number of rotatable bonds is 2. The van der Waals surface area contributed by atoms with Gasteiger partial charge in [0, 0.05) is 41.7 Å². The molecule has 4 rings (SSSR count). The molecule has 0 radical (unpaired) electrons. The lowest BCUT2D eigenvalue weighted by Gasteiger charge is -2.12. The summed E-state index contributed by atoms with van der Waals surface area (Å²) in [6.07, 6.45) is 5.42. The van der Waals surface area contributed by atoms with Gasteiger partial charge in [0.2, 0.25) is 5.91 Å². The van der Waals surface area contributed by atoms with Gasteiger partial charge in [0.1, 0.15) is 11.3 Å². The summed E-state index contributed by atoms with van der Waals surface area (Å²) in [4.78, 5) is 14.2. The standard InChI is InChI=1S/C19H21ClN2O2/c1-12-7-9-22(11-12)18(23)5-4-16-14-10-21-8-6-13-15(20)2-3-17(24-16)19(13)14/h2-5,12,21H,6-11H2,1H3. The SMILES string of the molecule is CC1CCN(C(=O)C=Cc2oc3ccc(Cl)c4c3c2CNCC4)C1. The zero-order valence-corrected chi connectivity index (χ0v) is 14.5. The molecule has 0 aliphatic carbocycles. The lowest BCUT2D eigenvalue weighted by molar-refractivity contribution is -0.125. The Kier molecular flexibility index (Phi) is 4.10. The van der Waals surface area contributed by atoms with E-state index in [2.05, 4.69) is 12.2 Å². The van der Waals surface area contributed by atoms with Crippen LogP contribution >= 0.6 is 11.6 Å². The molecule has 1 aromatic heterocycles. The summed E-state index contributed by atoms with van der Waals surface area (Å²) in [5.41, 5.74) is 3.08. The monoisotopic (exact) mass is 344 g/mol. The topological polar surface area (TPSA) is 45.5 Å². The Morgan fingerprint density at radius 2 is 2.29 bits per heavy atom. The smallest absolute Gasteiger partial charge is 0.246 e. The molecule has 0 bridgehead atoms. The average molecular weight is 345 g/mol. The van der Waals surface area contributed by atoms with Crippen LogP contribution in [0.4, 0.5) is 0 Å². The van der Waals surface area contributed by atoms with Crippen molar-refractivity contribution in [3.8, 4) is 0 Å². The Morgan fingerprint density at radius 1 is 1.42 bits per heavy atom. The van der Waals surface area contributed by atoms with Crippen molar-refractivity contribution in [3.05, 3.63) is 40.1 Å². The minimum absolute atomic E-state index is 0.0619. The van der Waals surface area contributed by atoms with Crippen LogP contribution in [0.3, 0.4) is 0 Å². The van der Waals surface area contributed by atoms with Crippen LogP contribution < -0.4 is 5.32 Å². The number of likely N-dealkylation sites (tertiary alicyclic amines) is 1. The average Bonchev–Trinajstić information content (AvgIpc) is 3.07. The quantitative estimate of drug-likeness (QED) is 0.846. The van der Waals surface area contributed by atoms with Crippen LogP contribution in [0, 0.1) is 5.92 Å². The predicted octanol–water partition coefficient (Wildman–Crippen LogP) is 3.61. The second-order valence-corrected chi connectivity index (χ2v) is 7.19. The highest BCUT2D eigenvalue weighted by atomic mass is 35.5. The molecule has 1 unspecified atom stereocenters. The Balaban J connectivity index is 1.68. The number of carbonyl (C=O) groups is 1. The van der Waals surface area contributed by atoms with E-state index in [0.29, 0.717) is 5.92 Å². The molecule has 1 N–H and O–H groups in total. The van der Waals surface area contributed by atoms with E-state index < -0.39 is 0 Å². The third-order valence-corrected chi connectivity index (χ3v) is 5.36. The highest BCUT2D eigenvalue weighted by molar-refractivity contribution is 6.32. The van der Waals surface area contributed by atoms with Gasteiger partial charge in [-0.15, -0.1) is 0 Å². The molecule has 1 aromatic carbocycles. The van der Waals surface area contributed by atoms with Crippen LogP contribution in [0.1, 0.15) is 30.2 Å². The van der Waals surface area contributed by atoms with Crippen molar-refractivity contribution in [2.24, 2.45) is 5.92 Å². The van der Waals surface area contributed by atoms with Gasteiger partial charge in [0.25, 0.3) is 0 Å². The highest BCUT2D eigenvalue weighted by Crippen LogP contribution is 2.35. The predicted molar refractivity (Wildman–Crippen MR) is 96.0 cm³/mol. The van der Waals surface area contributed by atoms with Crippen LogP contribution in [0.5, 0.6) is 0 Å². The molecule has 1 amide bonds. The van der Waals surface area contributed by atoms with Gasteiger partial charge < -0.3 is 14.6 Å². The molecule has 1 saturated heterocycles. The summed E-state index contributed by atoms with van der Waals surface area (Å²) in [6.45, 7) is 5.49. The van der Waals surface area contributed by atoms with E-state index in [1.54, 1.807) is 6.08 Å². The molecule has 0 spiro atoms. The van der Waals surface area contributed by atoms with Gasteiger partial charge in [0.15, 0.2) is 0 Å². The molecule has 1 fully saturated rings. The highest BCUT2D eigenvalue weighted by Gasteiger charge is 2.23. The van der Waals surface area contributed by atoms with Gasteiger partial charge in [-0.3, -0.25) is 4.79 Å². The first-order valence-electron chi connectivity index (χ1n) is 8.54. The molecule has 2 aliphatic rings. The molecule has 126 valence electrons. The van der Waals surface area contributed by atoms with Crippen molar-refractivity contribution in [3.63, 3.8) is 0 Å². The minimum atomic E-state index is 0.0619. The maximum absolute atomic E-state index is 12.3. The summed E-state index contributed by atoms with van der Waals surface area (Å²) in [7, 11) is 0. The van der Waals surface area contributed by atoms with E-state index in [4.69, 9.17) is 16.0 Å². The van der Waals surface area contributed by atoms with Gasteiger partial charge >= 0.3 is 0 Å². The second-order valence-electron chi connectivity index (χ2n) is 6.78. The van der Waals surface area contributed by atoms with E-state index in [1.165, 1.54) is 0 Å². The Labute approximate surface area is 146 Å². The van der Waals surface area contributed by atoms with Crippen molar-refractivity contribution in [2.45, 2.75) is 26.3 Å². The van der Waals surface area contributed by atoms with E-state index in [-0.39, 0.29) is 5.91 Å². The van der Waals surface area contributed by atoms with E-state index in [0.717, 1.165) is 71.9 Å². The number of carbonyl (C=O) groups excluding carboxylic acids is 1. The van der Waals surface area contributed by atoms with E-state index in [9.17, 15) is 4.79 Å². The Morgan fingerprint density at radius 3 is 3.08 bits per heavy atom. The number of hydrogen-bond acceptors (Lipinski definition) is 3. The third kappa shape index (κ3) is 2.74. The minimum Gasteiger partial charge on any atom is -0.456 e. The number of nitrogens with zero attached hydrogens (tertiary/aromatic N) is 1. The fourth-order valence-corrected chi connectivity index (χ4v) is 3.94. The molecule has 24 heavy (non-hydrogen) atoms. The van der Waals surface area contributed by atoms with Gasteiger partial charge in [-0.25, -0.2) is 0 Å². The molecule has 3 heterocycles.